The van der Waals surface area contributed by atoms with Gasteiger partial charge in [0.15, 0.2) is 0 Å². The van der Waals surface area contributed by atoms with E-state index in [0.717, 1.165) is 25.7 Å². The molecule has 0 fully saturated rings. The first kappa shape index (κ1) is 13.3. The standard InChI is InChI=1S/C15H18O2/c1-2-3-4-5-6-10-13-17-15(16)14-11-8-7-9-12-14/h7-9,11-12H,4-6,10,13H2,1H3. The normalized spacial score (nSPS) is 9.24. The second-order valence-corrected chi connectivity index (χ2v) is 3.74. The van der Waals surface area contributed by atoms with Crippen molar-refractivity contribution in [2.75, 3.05) is 6.61 Å². The molecule has 0 bridgehead atoms. The highest BCUT2D eigenvalue weighted by Gasteiger charge is 2.04. The molecule has 0 aliphatic heterocycles. The average molecular weight is 230 g/mol. The highest BCUT2D eigenvalue weighted by Crippen LogP contribution is 2.03. The number of hydrogen-bond donors (Lipinski definition) is 0. The minimum atomic E-state index is -0.237. The maximum absolute atomic E-state index is 11.5. The zero-order valence-electron chi connectivity index (χ0n) is 10.2. The van der Waals surface area contributed by atoms with Gasteiger partial charge < -0.3 is 4.74 Å². The SMILES string of the molecule is CC#CCCCCCOC(=O)c1ccccc1. The van der Waals surface area contributed by atoms with E-state index in [9.17, 15) is 4.79 Å². The summed E-state index contributed by atoms with van der Waals surface area (Å²) in [6.45, 7) is 2.34. The number of unbranched alkanes of at least 4 members (excludes halogenated alkanes) is 3. The zero-order chi connectivity index (χ0) is 12.3. The van der Waals surface area contributed by atoms with Gasteiger partial charge in [-0.25, -0.2) is 4.79 Å². The fourth-order valence-corrected chi connectivity index (χ4v) is 1.44. The van der Waals surface area contributed by atoms with Crippen molar-refractivity contribution >= 4 is 5.97 Å². The minimum Gasteiger partial charge on any atom is -0.462 e. The van der Waals surface area contributed by atoms with Crippen LogP contribution in [-0.2, 0) is 4.74 Å². The first-order chi connectivity index (χ1) is 8.34. The van der Waals surface area contributed by atoms with Crippen LogP contribution >= 0.6 is 0 Å². The van der Waals surface area contributed by atoms with E-state index >= 15 is 0 Å². The molecule has 0 N–H and O–H groups in total. The number of rotatable bonds is 6. The van der Waals surface area contributed by atoms with Gasteiger partial charge in [-0.2, -0.15) is 0 Å². The molecule has 0 unspecified atom stereocenters. The van der Waals surface area contributed by atoms with Gasteiger partial charge in [-0.05, 0) is 38.3 Å². The van der Waals surface area contributed by atoms with Gasteiger partial charge in [0.25, 0.3) is 0 Å². The Labute approximate surface area is 103 Å². The molecule has 0 aromatic heterocycles. The van der Waals surface area contributed by atoms with Crippen molar-refractivity contribution in [1.29, 1.82) is 0 Å². The van der Waals surface area contributed by atoms with Gasteiger partial charge in [0.1, 0.15) is 0 Å². The number of carbonyl (C=O) groups excluding carboxylic acids is 1. The summed E-state index contributed by atoms with van der Waals surface area (Å²) in [4.78, 5) is 11.5. The lowest BCUT2D eigenvalue weighted by Crippen LogP contribution is -2.06. The Balaban J connectivity index is 2.10. The maximum atomic E-state index is 11.5. The molecule has 0 saturated heterocycles. The summed E-state index contributed by atoms with van der Waals surface area (Å²) in [5.74, 6) is 5.64. The summed E-state index contributed by atoms with van der Waals surface area (Å²) < 4.78 is 5.16. The van der Waals surface area contributed by atoms with E-state index < -0.39 is 0 Å². The smallest absolute Gasteiger partial charge is 0.338 e. The monoisotopic (exact) mass is 230 g/mol. The van der Waals surface area contributed by atoms with Crippen LogP contribution in [0.2, 0.25) is 0 Å². The van der Waals surface area contributed by atoms with Crippen molar-refractivity contribution in [2.45, 2.75) is 32.6 Å². The molecule has 90 valence electrons. The lowest BCUT2D eigenvalue weighted by molar-refractivity contribution is 0.0498. The van der Waals surface area contributed by atoms with Crippen molar-refractivity contribution in [3.8, 4) is 11.8 Å². The molecule has 0 heterocycles. The van der Waals surface area contributed by atoms with Crippen LogP contribution in [0, 0.1) is 11.8 Å². The number of hydrogen-bond acceptors (Lipinski definition) is 2. The molecule has 0 amide bonds. The van der Waals surface area contributed by atoms with E-state index in [0.29, 0.717) is 12.2 Å². The molecule has 1 rings (SSSR count). The Morgan fingerprint density at radius 2 is 1.94 bits per heavy atom. The van der Waals surface area contributed by atoms with Crippen molar-refractivity contribution in [1.82, 2.24) is 0 Å². The van der Waals surface area contributed by atoms with Crippen LogP contribution in [0.4, 0.5) is 0 Å². The van der Waals surface area contributed by atoms with Gasteiger partial charge in [-0.1, -0.05) is 18.2 Å². The summed E-state index contributed by atoms with van der Waals surface area (Å²) >= 11 is 0. The molecule has 0 atom stereocenters. The van der Waals surface area contributed by atoms with Crippen molar-refractivity contribution in [3.05, 3.63) is 35.9 Å². The third-order valence-electron chi connectivity index (χ3n) is 2.37. The molecule has 2 heteroatoms. The third-order valence-corrected chi connectivity index (χ3v) is 2.37. The Morgan fingerprint density at radius 1 is 1.18 bits per heavy atom. The second-order valence-electron chi connectivity index (χ2n) is 3.74. The first-order valence-corrected chi connectivity index (χ1v) is 5.96. The van der Waals surface area contributed by atoms with Gasteiger partial charge in [0.05, 0.1) is 12.2 Å². The molecule has 0 saturated carbocycles. The van der Waals surface area contributed by atoms with Gasteiger partial charge in [-0.15, -0.1) is 11.8 Å². The molecule has 0 aliphatic carbocycles. The number of esters is 1. The molecule has 0 radical (unpaired) electrons. The number of benzene rings is 1. The molecule has 1 aromatic carbocycles. The van der Waals surface area contributed by atoms with Crippen LogP contribution in [0.25, 0.3) is 0 Å². The lowest BCUT2D eigenvalue weighted by atomic mass is 10.2. The molecule has 1 aromatic rings. The fraction of sp³-hybridized carbons (Fsp3) is 0.400. The van der Waals surface area contributed by atoms with Crippen LogP contribution in [0.1, 0.15) is 43.0 Å². The molecular formula is C15H18O2. The lowest BCUT2D eigenvalue weighted by Gasteiger charge is -2.03. The molecule has 2 nitrogen and oxygen atoms in total. The van der Waals surface area contributed by atoms with Gasteiger partial charge in [0.2, 0.25) is 0 Å². The quantitative estimate of drug-likeness (QED) is 0.425. The number of carbonyl (C=O) groups is 1. The van der Waals surface area contributed by atoms with E-state index in [1.54, 1.807) is 12.1 Å². The largest absolute Gasteiger partial charge is 0.462 e. The minimum absolute atomic E-state index is 0.237. The predicted octanol–water partition coefficient (Wildman–Crippen LogP) is 3.43. The molecular weight excluding hydrogens is 212 g/mol. The first-order valence-electron chi connectivity index (χ1n) is 5.96. The van der Waals surface area contributed by atoms with Crippen molar-refractivity contribution in [2.24, 2.45) is 0 Å². The van der Waals surface area contributed by atoms with Crippen molar-refractivity contribution in [3.63, 3.8) is 0 Å². The van der Waals surface area contributed by atoms with Crippen LogP contribution in [-0.4, -0.2) is 12.6 Å². The van der Waals surface area contributed by atoms with Gasteiger partial charge in [-0.3, -0.25) is 0 Å². The summed E-state index contributed by atoms with van der Waals surface area (Å²) in [6.07, 6.45) is 3.97. The van der Waals surface area contributed by atoms with Crippen LogP contribution in [0.3, 0.4) is 0 Å². The van der Waals surface area contributed by atoms with E-state index in [1.165, 1.54) is 0 Å². The molecule has 0 spiro atoms. The zero-order valence-corrected chi connectivity index (χ0v) is 10.2. The van der Waals surface area contributed by atoms with Gasteiger partial charge >= 0.3 is 5.97 Å². The maximum Gasteiger partial charge on any atom is 0.338 e. The van der Waals surface area contributed by atoms with Crippen LogP contribution < -0.4 is 0 Å². The van der Waals surface area contributed by atoms with Crippen molar-refractivity contribution < 1.29 is 9.53 Å². The van der Waals surface area contributed by atoms with Crippen LogP contribution in [0.15, 0.2) is 30.3 Å². The predicted molar refractivity (Wildman–Crippen MR) is 68.6 cm³/mol. The van der Waals surface area contributed by atoms with E-state index in [-0.39, 0.29) is 5.97 Å². The topological polar surface area (TPSA) is 26.3 Å². The highest BCUT2D eigenvalue weighted by atomic mass is 16.5. The Morgan fingerprint density at radius 3 is 2.65 bits per heavy atom. The summed E-state index contributed by atoms with van der Waals surface area (Å²) in [5.41, 5.74) is 0.615. The summed E-state index contributed by atoms with van der Waals surface area (Å²) in [5, 5.41) is 0. The number of ether oxygens (including phenoxy) is 1. The van der Waals surface area contributed by atoms with Gasteiger partial charge in [0, 0.05) is 6.42 Å². The highest BCUT2D eigenvalue weighted by molar-refractivity contribution is 5.89. The summed E-state index contributed by atoms with van der Waals surface area (Å²) in [7, 11) is 0. The Hall–Kier alpha value is -1.75. The molecule has 0 aliphatic rings. The van der Waals surface area contributed by atoms with Crippen LogP contribution in [0.5, 0.6) is 0 Å². The average Bonchev–Trinajstić information content (AvgIpc) is 2.38. The summed E-state index contributed by atoms with van der Waals surface area (Å²) in [6, 6.07) is 9.07. The Kier molecular flexibility index (Phi) is 6.59. The van der Waals surface area contributed by atoms with E-state index in [2.05, 4.69) is 11.8 Å². The molecule has 17 heavy (non-hydrogen) atoms. The van der Waals surface area contributed by atoms with E-state index in [1.807, 2.05) is 25.1 Å². The third kappa shape index (κ3) is 5.77. The van der Waals surface area contributed by atoms with E-state index in [4.69, 9.17) is 4.74 Å². The Bertz CT molecular complexity index is 384. The fourth-order valence-electron chi connectivity index (χ4n) is 1.44. The second kappa shape index (κ2) is 8.41.